The maximum atomic E-state index is 4.11. The molecule has 2 heteroatoms. The van der Waals surface area contributed by atoms with Crippen LogP contribution in [0, 0.1) is 0 Å². The summed E-state index contributed by atoms with van der Waals surface area (Å²) in [5.74, 6) is 0. The lowest BCUT2D eigenvalue weighted by Gasteiger charge is -2.20. The third kappa shape index (κ3) is 2.31. The van der Waals surface area contributed by atoms with Crippen molar-refractivity contribution in [1.82, 2.24) is 5.32 Å². The van der Waals surface area contributed by atoms with Crippen LogP contribution in [-0.4, -0.2) is 18.3 Å². The Hall–Kier alpha value is -0.890. The summed E-state index contributed by atoms with van der Waals surface area (Å²) in [5.41, 5.74) is -0.0712. The molecule has 0 saturated heterocycles. The molecule has 0 amide bonds. The van der Waals surface area contributed by atoms with Gasteiger partial charge in [0.1, 0.15) is 0 Å². The predicted octanol–water partition coefficient (Wildman–Crippen LogP) is 1.51. The van der Waals surface area contributed by atoms with Crippen molar-refractivity contribution in [1.29, 1.82) is 0 Å². The van der Waals surface area contributed by atoms with Crippen LogP contribution in [0.3, 0.4) is 0 Å². The van der Waals surface area contributed by atoms with Crippen molar-refractivity contribution in [2.45, 2.75) is 19.4 Å². The second-order valence-electron chi connectivity index (χ2n) is 2.79. The summed E-state index contributed by atoms with van der Waals surface area (Å²) in [5, 5.41) is 3.32. The molecule has 1 aliphatic heterocycles. The molecule has 0 aromatic heterocycles. The molecule has 0 aromatic carbocycles. The molecule has 1 rings (SSSR count). The minimum Gasteiger partial charge on any atom is -0.304 e. The van der Waals surface area contributed by atoms with Gasteiger partial charge in [0, 0.05) is 12.4 Å². The molecule has 1 aliphatic rings. The highest BCUT2D eigenvalue weighted by molar-refractivity contribution is 5.74. The Morgan fingerprint density at radius 2 is 2.27 bits per heavy atom. The third-order valence-corrected chi connectivity index (χ3v) is 1.63. The van der Waals surface area contributed by atoms with Crippen molar-refractivity contribution >= 4 is 6.21 Å². The Morgan fingerprint density at radius 1 is 1.45 bits per heavy atom. The normalized spacial score (nSPS) is 28.9. The largest absolute Gasteiger partial charge is 0.304 e. The smallest absolute Gasteiger partial charge is 0.0698 e. The van der Waals surface area contributed by atoms with Crippen LogP contribution in [0.2, 0.25) is 0 Å². The zero-order valence-electron chi connectivity index (χ0n) is 7.04. The van der Waals surface area contributed by atoms with Gasteiger partial charge in [-0.25, -0.2) is 0 Å². The number of aliphatic imine (C=N–C) groups is 1. The van der Waals surface area contributed by atoms with Crippen LogP contribution in [0.25, 0.3) is 0 Å². The summed E-state index contributed by atoms with van der Waals surface area (Å²) >= 11 is 0. The molecule has 0 saturated carbocycles. The molecule has 1 N–H and O–H groups in total. The summed E-state index contributed by atoms with van der Waals surface area (Å²) < 4.78 is 0. The minimum absolute atomic E-state index is 0.0712. The fourth-order valence-electron chi connectivity index (χ4n) is 1.08. The zero-order chi connectivity index (χ0) is 8.16. The highest BCUT2D eigenvalue weighted by Crippen LogP contribution is 2.05. The molecule has 11 heavy (non-hydrogen) atoms. The SMILES string of the molecule is CCNC1(C)C=CC=CN=C1. The first-order valence-corrected chi connectivity index (χ1v) is 3.90. The highest BCUT2D eigenvalue weighted by Gasteiger charge is 2.15. The van der Waals surface area contributed by atoms with E-state index in [-0.39, 0.29) is 5.54 Å². The van der Waals surface area contributed by atoms with E-state index in [1.807, 2.05) is 18.4 Å². The van der Waals surface area contributed by atoms with Gasteiger partial charge in [0.05, 0.1) is 5.54 Å². The second kappa shape index (κ2) is 3.49. The molecule has 0 spiro atoms. The molecule has 1 unspecified atom stereocenters. The van der Waals surface area contributed by atoms with Crippen LogP contribution in [0.1, 0.15) is 13.8 Å². The summed E-state index contributed by atoms with van der Waals surface area (Å²) in [6.07, 6.45) is 9.74. The first-order valence-electron chi connectivity index (χ1n) is 3.90. The van der Waals surface area contributed by atoms with E-state index in [2.05, 4.69) is 30.2 Å². The number of hydrogen-bond donors (Lipinski definition) is 1. The lowest BCUT2D eigenvalue weighted by Crippen LogP contribution is -2.41. The van der Waals surface area contributed by atoms with Crippen molar-refractivity contribution in [3.05, 3.63) is 24.4 Å². The summed E-state index contributed by atoms with van der Waals surface area (Å²) in [6.45, 7) is 5.14. The Morgan fingerprint density at radius 3 is 3.00 bits per heavy atom. The van der Waals surface area contributed by atoms with Crippen LogP contribution < -0.4 is 5.32 Å². The van der Waals surface area contributed by atoms with Gasteiger partial charge in [-0.1, -0.05) is 19.1 Å². The first kappa shape index (κ1) is 8.21. The van der Waals surface area contributed by atoms with E-state index in [1.54, 1.807) is 6.20 Å². The molecular weight excluding hydrogens is 136 g/mol. The molecule has 1 atom stereocenters. The number of allylic oxidation sites excluding steroid dienone is 2. The number of likely N-dealkylation sites (N-methyl/N-ethyl adjacent to an activating group) is 1. The first-order chi connectivity index (χ1) is 5.27. The van der Waals surface area contributed by atoms with Gasteiger partial charge >= 0.3 is 0 Å². The molecule has 0 aliphatic carbocycles. The summed E-state index contributed by atoms with van der Waals surface area (Å²) in [6, 6.07) is 0. The van der Waals surface area contributed by atoms with Crippen LogP contribution >= 0.6 is 0 Å². The fourth-order valence-corrected chi connectivity index (χ4v) is 1.08. The van der Waals surface area contributed by atoms with E-state index in [9.17, 15) is 0 Å². The van der Waals surface area contributed by atoms with Gasteiger partial charge in [-0.2, -0.15) is 0 Å². The molecule has 60 valence electrons. The molecule has 1 heterocycles. The maximum absolute atomic E-state index is 4.11. The van der Waals surface area contributed by atoms with E-state index < -0.39 is 0 Å². The quantitative estimate of drug-likeness (QED) is 0.634. The predicted molar refractivity (Wildman–Crippen MR) is 48.9 cm³/mol. The van der Waals surface area contributed by atoms with Crippen LogP contribution in [0.4, 0.5) is 0 Å². The van der Waals surface area contributed by atoms with Crippen molar-refractivity contribution in [2.24, 2.45) is 4.99 Å². The van der Waals surface area contributed by atoms with Gasteiger partial charge < -0.3 is 5.32 Å². The molecule has 0 fully saturated rings. The number of hydrogen-bond acceptors (Lipinski definition) is 2. The zero-order valence-corrected chi connectivity index (χ0v) is 7.04. The second-order valence-corrected chi connectivity index (χ2v) is 2.79. The van der Waals surface area contributed by atoms with Gasteiger partial charge in [-0.05, 0) is 19.5 Å². The lowest BCUT2D eigenvalue weighted by atomic mass is 10.0. The van der Waals surface area contributed by atoms with E-state index in [4.69, 9.17) is 0 Å². The van der Waals surface area contributed by atoms with Crippen molar-refractivity contribution in [3.8, 4) is 0 Å². The molecule has 0 aromatic rings. The molecule has 0 radical (unpaired) electrons. The molecule has 2 nitrogen and oxygen atoms in total. The minimum atomic E-state index is -0.0712. The number of nitrogens with one attached hydrogen (secondary N) is 1. The Bertz CT molecular complexity index is 186. The lowest BCUT2D eigenvalue weighted by molar-refractivity contribution is 0.585. The van der Waals surface area contributed by atoms with E-state index in [0.29, 0.717) is 0 Å². The average molecular weight is 150 g/mol. The van der Waals surface area contributed by atoms with E-state index in [1.165, 1.54) is 0 Å². The Kier molecular flexibility index (Phi) is 2.60. The Labute approximate surface area is 67.7 Å². The van der Waals surface area contributed by atoms with Crippen LogP contribution in [-0.2, 0) is 0 Å². The Balaban J connectivity index is 2.70. The van der Waals surface area contributed by atoms with Gasteiger partial charge in [-0.3, -0.25) is 4.99 Å². The molecule has 0 bridgehead atoms. The number of nitrogens with zero attached hydrogens (tertiary/aromatic N) is 1. The van der Waals surface area contributed by atoms with Gasteiger partial charge in [0.15, 0.2) is 0 Å². The van der Waals surface area contributed by atoms with E-state index in [0.717, 1.165) is 6.54 Å². The molecular formula is C9H14N2. The van der Waals surface area contributed by atoms with Crippen molar-refractivity contribution < 1.29 is 0 Å². The van der Waals surface area contributed by atoms with Crippen LogP contribution in [0.15, 0.2) is 29.4 Å². The monoisotopic (exact) mass is 150 g/mol. The third-order valence-electron chi connectivity index (χ3n) is 1.63. The summed E-state index contributed by atoms with van der Waals surface area (Å²) in [4.78, 5) is 4.11. The maximum Gasteiger partial charge on any atom is 0.0698 e. The van der Waals surface area contributed by atoms with Crippen molar-refractivity contribution in [3.63, 3.8) is 0 Å². The van der Waals surface area contributed by atoms with Crippen LogP contribution in [0.5, 0.6) is 0 Å². The standard InChI is InChI=1S/C9H14N2/c1-3-11-9(2)6-4-5-7-10-8-9/h4-8,11H,3H2,1-2H3. The fraction of sp³-hybridized carbons (Fsp3) is 0.444. The van der Waals surface area contributed by atoms with Gasteiger partial charge in [-0.15, -0.1) is 0 Å². The van der Waals surface area contributed by atoms with E-state index >= 15 is 0 Å². The average Bonchev–Trinajstić information content (AvgIpc) is 2.15. The van der Waals surface area contributed by atoms with Gasteiger partial charge in [0.25, 0.3) is 0 Å². The summed E-state index contributed by atoms with van der Waals surface area (Å²) in [7, 11) is 0. The number of rotatable bonds is 2. The topological polar surface area (TPSA) is 24.4 Å². The highest BCUT2D eigenvalue weighted by atomic mass is 15.0. The van der Waals surface area contributed by atoms with Gasteiger partial charge in [0.2, 0.25) is 0 Å². The van der Waals surface area contributed by atoms with Crippen molar-refractivity contribution in [2.75, 3.05) is 6.54 Å².